The zero-order chi connectivity index (χ0) is 25.3. The predicted molar refractivity (Wildman–Crippen MR) is 155 cm³/mol. The van der Waals surface area contributed by atoms with E-state index in [0.29, 0.717) is 0 Å². The molecule has 0 saturated carbocycles. The van der Waals surface area contributed by atoms with E-state index in [4.69, 9.17) is 4.74 Å². The van der Waals surface area contributed by atoms with Crippen molar-refractivity contribution in [2.45, 2.75) is 90.5 Å². The SMILES string of the molecule is CCCCCCCCCCCCCCOc1ccc(NC(=O)c2ccccc2CN2C=CSC2)cc1. The van der Waals surface area contributed by atoms with E-state index in [1.165, 1.54) is 70.6 Å². The topological polar surface area (TPSA) is 41.6 Å². The monoisotopic (exact) mass is 508 g/mol. The summed E-state index contributed by atoms with van der Waals surface area (Å²) in [5.41, 5.74) is 2.53. The van der Waals surface area contributed by atoms with Gasteiger partial charge in [-0.1, -0.05) is 95.8 Å². The lowest BCUT2D eigenvalue weighted by Gasteiger charge is -2.17. The van der Waals surface area contributed by atoms with E-state index in [0.717, 1.165) is 48.0 Å². The third-order valence-corrected chi connectivity index (χ3v) is 7.42. The second kappa shape index (κ2) is 17.1. The van der Waals surface area contributed by atoms with Crippen molar-refractivity contribution in [2.24, 2.45) is 0 Å². The van der Waals surface area contributed by atoms with Crippen molar-refractivity contribution in [3.8, 4) is 5.75 Å². The third kappa shape index (κ3) is 10.7. The number of nitrogens with one attached hydrogen (secondary N) is 1. The minimum absolute atomic E-state index is 0.0772. The minimum atomic E-state index is -0.0772. The van der Waals surface area contributed by atoms with Gasteiger partial charge in [-0.2, -0.15) is 0 Å². The van der Waals surface area contributed by atoms with Crippen LogP contribution in [0.25, 0.3) is 0 Å². The van der Waals surface area contributed by atoms with Crippen molar-refractivity contribution in [2.75, 3.05) is 17.8 Å². The van der Waals surface area contributed by atoms with E-state index in [1.54, 1.807) is 11.8 Å². The average Bonchev–Trinajstić information content (AvgIpc) is 3.41. The number of rotatable bonds is 18. The molecule has 0 fully saturated rings. The Morgan fingerprint density at radius 1 is 0.861 bits per heavy atom. The first-order valence-electron chi connectivity index (χ1n) is 13.9. The van der Waals surface area contributed by atoms with E-state index in [9.17, 15) is 4.79 Å². The van der Waals surface area contributed by atoms with Crippen molar-refractivity contribution in [3.05, 3.63) is 71.3 Å². The Hall–Kier alpha value is -2.40. The molecule has 0 spiro atoms. The quantitative estimate of drug-likeness (QED) is 0.204. The Labute approximate surface area is 222 Å². The number of amides is 1. The van der Waals surface area contributed by atoms with E-state index >= 15 is 0 Å². The van der Waals surface area contributed by atoms with Gasteiger partial charge in [-0.3, -0.25) is 4.79 Å². The van der Waals surface area contributed by atoms with Crippen LogP contribution in [0.15, 0.2) is 60.1 Å². The third-order valence-electron chi connectivity index (χ3n) is 6.62. The number of carbonyl (C=O) groups excluding carboxylic acids is 1. The van der Waals surface area contributed by atoms with E-state index in [2.05, 4.69) is 28.7 Å². The average molecular weight is 509 g/mol. The molecule has 0 radical (unpaired) electrons. The summed E-state index contributed by atoms with van der Waals surface area (Å²) in [5.74, 6) is 1.71. The summed E-state index contributed by atoms with van der Waals surface area (Å²) >= 11 is 1.77. The van der Waals surface area contributed by atoms with Crippen LogP contribution < -0.4 is 10.1 Å². The molecule has 0 atom stereocenters. The first-order valence-corrected chi connectivity index (χ1v) is 15.0. The molecule has 4 nitrogen and oxygen atoms in total. The number of benzene rings is 2. The van der Waals surface area contributed by atoms with Crippen molar-refractivity contribution in [3.63, 3.8) is 0 Å². The summed E-state index contributed by atoms with van der Waals surface area (Å²) in [6, 6.07) is 15.5. The first kappa shape index (κ1) is 28.2. The fourth-order valence-corrected chi connectivity index (χ4v) is 5.19. The Morgan fingerprint density at radius 2 is 1.50 bits per heavy atom. The Balaban J connectivity index is 1.28. The lowest BCUT2D eigenvalue weighted by Crippen LogP contribution is -2.18. The molecule has 1 aliphatic heterocycles. The fourth-order valence-electron chi connectivity index (χ4n) is 4.47. The summed E-state index contributed by atoms with van der Waals surface area (Å²) in [4.78, 5) is 15.1. The molecule has 0 saturated heterocycles. The molecule has 0 aromatic heterocycles. The lowest BCUT2D eigenvalue weighted by atomic mass is 10.1. The van der Waals surface area contributed by atoms with Gasteiger partial charge in [0.2, 0.25) is 0 Å². The molecule has 196 valence electrons. The highest BCUT2D eigenvalue weighted by molar-refractivity contribution is 8.02. The van der Waals surface area contributed by atoms with Crippen LogP contribution in [-0.2, 0) is 6.54 Å². The molecule has 2 aromatic carbocycles. The number of anilines is 1. The molecule has 2 aromatic rings. The van der Waals surface area contributed by atoms with Crippen molar-refractivity contribution >= 4 is 23.4 Å². The number of carbonyl (C=O) groups is 1. The molecular weight excluding hydrogens is 464 g/mol. The number of ether oxygens (including phenoxy) is 1. The molecule has 1 heterocycles. The number of hydrogen-bond acceptors (Lipinski definition) is 4. The molecule has 3 rings (SSSR count). The molecule has 0 aliphatic carbocycles. The van der Waals surface area contributed by atoms with Crippen LogP contribution in [0.3, 0.4) is 0 Å². The normalized spacial score (nSPS) is 12.8. The second-order valence-corrected chi connectivity index (χ2v) is 10.6. The number of nitrogens with zero attached hydrogens (tertiary/aromatic N) is 1. The van der Waals surface area contributed by atoms with Crippen LogP contribution in [0.1, 0.15) is 99.9 Å². The lowest BCUT2D eigenvalue weighted by molar-refractivity contribution is 0.102. The fraction of sp³-hybridized carbons (Fsp3) is 0.516. The van der Waals surface area contributed by atoms with Crippen LogP contribution in [-0.4, -0.2) is 23.3 Å². The van der Waals surface area contributed by atoms with E-state index in [1.807, 2.05) is 48.5 Å². The highest BCUT2D eigenvalue weighted by atomic mass is 32.2. The van der Waals surface area contributed by atoms with E-state index < -0.39 is 0 Å². The summed E-state index contributed by atoms with van der Waals surface area (Å²) < 4.78 is 5.91. The van der Waals surface area contributed by atoms with Gasteiger partial charge in [0.1, 0.15) is 5.75 Å². The highest BCUT2D eigenvalue weighted by Crippen LogP contribution is 2.22. The van der Waals surface area contributed by atoms with Gasteiger partial charge in [0.15, 0.2) is 0 Å². The smallest absolute Gasteiger partial charge is 0.256 e. The van der Waals surface area contributed by atoms with Gasteiger partial charge >= 0.3 is 0 Å². The van der Waals surface area contributed by atoms with Crippen LogP contribution in [0.4, 0.5) is 5.69 Å². The maximum absolute atomic E-state index is 12.9. The van der Waals surface area contributed by atoms with Gasteiger partial charge in [0.05, 0.1) is 12.5 Å². The predicted octanol–water partition coefficient (Wildman–Crippen LogP) is 9.00. The largest absolute Gasteiger partial charge is 0.494 e. The maximum atomic E-state index is 12.9. The van der Waals surface area contributed by atoms with Gasteiger partial charge in [0.25, 0.3) is 5.91 Å². The van der Waals surface area contributed by atoms with Gasteiger partial charge in [0, 0.05) is 24.0 Å². The molecule has 1 N–H and O–H groups in total. The molecular formula is C31H44N2O2S. The van der Waals surface area contributed by atoms with Crippen molar-refractivity contribution in [1.29, 1.82) is 0 Å². The molecule has 5 heteroatoms. The first-order chi connectivity index (χ1) is 17.8. The minimum Gasteiger partial charge on any atom is -0.494 e. The maximum Gasteiger partial charge on any atom is 0.256 e. The molecule has 0 bridgehead atoms. The number of hydrogen-bond donors (Lipinski definition) is 1. The van der Waals surface area contributed by atoms with Crippen LogP contribution in [0.5, 0.6) is 5.75 Å². The Morgan fingerprint density at radius 3 is 2.14 bits per heavy atom. The second-order valence-electron chi connectivity index (χ2n) is 9.70. The molecule has 0 unspecified atom stereocenters. The summed E-state index contributed by atoms with van der Waals surface area (Å²) in [6.45, 7) is 3.76. The van der Waals surface area contributed by atoms with Gasteiger partial charge < -0.3 is 15.0 Å². The van der Waals surface area contributed by atoms with E-state index in [-0.39, 0.29) is 5.91 Å². The van der Waals surface area contributed by atoms with Crippen LogP contribution >= 0.6 is 11.8 Å². The Bertz CT molecular complexity index is 913. The highest BCUT2D eigenvalue weighted by Gasteiger charge is 2.14. The van der Waals surface area contributed by atoms with Crippen molar-refractivity contribution in [1.82, 2.24) is 4.90 Å². The summed E-state index contributed by atoms with van der Waals surface area (Å²) in [6.07, 6.45) is 18.2. The number of unbranched alkanes of at least 4 members (excludes halogenated alkanes) is 11. The zero-order valence-corrected chi connectivity index (χ0v) is 22.9. The molecule has 1 amide bonds. The summed E-state index contributed by atoms with van der Waals surface area (Å²) in [7, 11) is 0. The van der Waals surface area contributed by atoms with Gasteiger partial charge in [-0.05, 0) is 47.7 Å². The van der Waals surface area contributed by atoms with Crippen LogP contribution in [0.2, 0.25) is 0 Å². The molecule has 36 heavy (non-hydrogen) atoms. The van der Waals surface area contributed by atoms with Crippen LogP contribution in [0, 0.1) is 0 Å². The zero-order valence-electron chi connectivity index (χ0n) is 22.1. The standard InChI is InChI=1S/C31H44N2O2S/c1-2-3-4-5-6-7-8-9-10-11-12-15-23-35-29-20-18-28(19-21-29)32-31(34)30-17-14-13-16-27(30)25-33-22-24-36-26-33/h13-14,16-22,24H,2-12,15,23,25-26H2,1H3,(H,32,34). The number of thioether (sulfide) groups is 1. The molecule has 1 aliphatic rings. The Kier molecular flexibility index (Phi) is 13.4. The summed E-state index contributed by atoms with van der Waals surface area (Å²) in [5, 5.41) is 5.12. The van der Waals surface area contributed by atoms with Gasteiger partial charge in [-0.15, -0.1) is 11.8 Å². The van der Waals surface area contributed by atoms with Gasteiger partial charge in [-0.25, -0.2) is 0 Å². The van der Waals surface area contributed by atoms with Crippen molar-refractivity contribution < 1.29 is 9.53 Å².